The lowest BCUT2D eigenvalue weighted by Crippen LogP contribution is -2.55. The van der Waals surface area contributed by atoms with Crippen LogP contribution in [0.25, 0.3) is 0 Å². The third-order valence-corrected chi connectivity index (χ3v) is 4.48. The molecule has 10 nitrogen and oxygen atoms in total. The third-order valence-electron chi connectivity index (χ3n) is 4.48. The maximum absolute atomic E-state index is 12.7. The van der Waals surface area contributed by atoms with E-state index in [9.17, 15) is 32.7 Å². The number of unbranched alkanes of at least 4 members (excludes halogenated alkanes) is 2. The van der Waals surface area contributed by atoms with E-state index >= 15 is 0 Å². The number of carbonyl (C=O) groups is 3. The summed E-state index contributed by atoms with van der Waals surface area (Å²) in [6.07, 6.45) is -4.11. The lowest BCUT2D eigenvalue weighted by Gasteiger charge is -2.25. The van der Waals surface area contributed by atoms with Gasteiger partial charge in [-0.2, -0.15) is 13.2 Å². The zero-order chi connectivity index (χ0) is 24.5. The molecule has 1 aromatic rings. The van der Waals surface area contributed by atoms with Crippen LogP contribution in [-0.2, 0) is 16.0 Å². The lowest BCUT2D eigenvalue weighted by atomic mass is 9.94. The van der Waals surface area contributed by atoms with Crippen LogP contribution in [0.15, 0.2) is 23.2 Å². The maximum atomic E-state index is 12.7. The molecule has 0 saturated carbocycles. The molecule has 1 amide bonds. The largest absolute Gasteiger partial charge is 0.497 e. The second-order valence-electron chi connectivity index (χ2n) is 6.83. The molecule has 0 aromatic heterocycles. The van der Waals surface area contributed by atoms with Crippen LogP contribution in [0.3, 0.4) is 0 Å². The topological polar surface area (TPSA) is 174 Å². The van der Waals surface area contributed by atoms with Crippen LogP contribution >= 0.6 is 0 Å². The molecule has 1 rings (SSSR count). The number of nitrogens with two attached hydrogens (primary N) is 3. The van der Waals surface area contributed by atoms with Gasteiger partial charge in [-0.15, -0.1) is 0 Å². The molecule has 1 aromatic carbocycles. The summed E-state index contributed by atoms with van der Waals surface area (Å²) >= 11 is 0. The van der Waals surface area contributed by atoms with Gasteiger partial charge in [-0.1, -0.05) is 12.5 Å². The van der Waals surface area contributed by atoms with Gasteiger partial charge in [-0.3, -0.25) is 19.6 Å². The molecule has 13 heteroatoms. The van der Waals surface area contributed by atoms with Gasteiger partial charge < -0.3 is 21.3 Å². The molecule has 0 saturated heterocycles. The summed E-state index contributed by atoms with van der Waals surface area (Å²) in [6, 6.07) is 2.10. The molecule has 0 unspecified atom stereocenters. The highest BCUT2D eigenvalue weighted by Gasteiger charge is 2.45. The van der Waals surface area contributed by atoms with Gasteiger partial charge in [-0.05, 0) is 30.5 Å². The number of aliphatic imine (C=N–C) groups is 1. The second-order valence-corrected chi connectivity index (χ2v) is 6.83. The number of carbonyl (C=O) groups excluding carboxylic acids is 2. The minimum atomic E-state index is -5.35. The van der Waals surface area contributed by atoms with Crippen molar-refractivity contribution in [3.05, 3.63) is 29.3 Å². The lowest BCUT2D eigenvalue weighted by molar-refractivity contribution is -0.190. The average molecular weight is 461 g/mol. The van der Waals surface area contributed by atoms with Crippen LogP contribution < -0.4 is 22.0 Å². The zero-order valence-electron chi connectivity index (χ0n) is 17.4. The molecule has 0 spiro atoms. The molecule has 1 atom stereocenters. The molecular formula is C19H26F3N5O5. The van der Waals surface area contributed by atoms with Crippen molar-refractivity contribution >= 4 is 23.6 Å². The first kappa shape index (κ1) is 26.7. The van der Waals surface area contributed by atoms with E-state index in [1.54, 1.807) is 0 Å². The molecule has 7 N–H and O–H groups in total. The first-order valence-electron chi connectivity index (χ1n) is 9.51. The number of hydrogen-bond donors (Lipinski definition) is 4. The van der Waals surface area contributed by atoms with Crippen LogP contribution in [0.1, 0.15) is 41.6 Å². The van der Waals surface area contributed by atoms with Gasteiger partial charge in [0.05, 0.1) is 7.11 Å². The monoisotopic (exact) mass is 461 g/mol. The van der Waals surface area contributed by atoms with Gasteiger partial charge in [0.1, 0.15) is 11.8 Å². The number of aliphatic carboxylic acids is 1. The Kier molecular flexibility index (Phi) is 9.91. The van der Waals surface area contributed by atoms with Gasteiger partial charge in [0.2, 0.25) is 0 Å². The second kappa shape index (κ2) is 11.9. The number of carboxylic acid groups (broad SMARTS) is 1. The van der Waals surface area contributed by atoms with Crippen molar-refractivity contribution in [1.82, 2.24) is 5.01 Å². The number of amides is 1. The Bertz CT molecular complexity index is 856. The molecule has 178 valence electrons. The van der Waals surface area contributed by atoms with Crippen molar-refractivity contribution in [1.29, 1.82) is 0 Å². The maximum Gasteiger partial charge on any atom is 0.472 e. The third kappa shape index (κ3) is 8.06. The van der Waals surface area contributed by atoms with Crippen molar-refractivity contribution in [2.45, 2.75) is 44.3 Å². The SMILES string of the molecule is COc1ccc(C[C@@H](C(=O)O)N(N)C(=O)C(F)(F)F)c(C(=O)CCCCCN=C(N)N)c1. The number of ether oxygens (including phenoxy) is 1. The van der Waals surface area contributed by atoms with Crippen LogP contribution in [0.4, 0.5) is 13.2 Å². The fourth-order valence-corrected chi connectivity index (χ4v) is 2.84. The van der Waals surface area contributed by atoms with E-state index in [-0.39, 0.29) is 34.3 Å². The van der Waals surface area contributed by atoms with E-state index in [0.29, 0.717) is 31.6 Å². The number of rotatable bonds is 12. The van der Waals surface area contributed by atoms with E-state index in [0.717, 1.165) is 0 Å². The minimum Gasteiger partial charge on any atom is -0.497 e. The highest BCUT2D eigenvalue weighted by molar-refractivity contribution is 5.98. The summed E-state index contributed by atoms with van der Waals surface area (Å²) in [4.78, 5) is 39.5. The summed E-state index contributed by atoms with van der Waals surface area (Å²) in [7, 11) is 1.36. The van der Waals surface area contributed by atoms with E-state index in [4.69, 9.17) is 22.0 Å². The van der Waals surface area contributed by atoms with Gasteiger partial charge >= 0.3 is 18.1 Å². The first-order chi connectivity index (χ1) is 14.9. The number of Topliss-reactive ketones (excluding diaryl/α,β-unsaturated/α-hetero) is 1. The number of methoxy groups -OCH3 is 1. The Morgan fingerprint density at radius 1 is 1.19 bits per heavy atom. The molecule has 32 heavy (non-hydrogen) atoms. The summed E-state index contributed by atoms with van der Waals surface area (Å²) in [6.45, 7) is 0.404. The van der Waals surface area contributed by atoms with Crippen LogP contribution in [0.2, 0.25) is 0 Å². The number of hydrogen-bond acceptors (Lipinski definition) is 6. The van der Waals surface area contributed by atoms with Gasteiger partial charge in [0.25, 0.3) is 0 Å². The predicted molar refractivity (Wildman–Crippen MR) is 109 cm³/mol. The Morgan fingerprint density at radius 3 is 2.38 bits per heavy atom. The normalized spacial score (nSPS) is 12.0. The average Bonchev–Trinajstić information content (AvgIpc) is 2.72. The van der Waals surface area contributed by atoms with Crippen molar-refractivity contribution in [2.75, 3.05) is 13.7 Å². The van der Waals surface area contributed by atoms with Crippen molar-refractivity contribution in [3.63, 3.8) is 0 Å². The molecule has 0 fully saturated rings. The molecule has 0 aliphatic heterocycles. The van der Waals surface area contributed by atoms with Crippen molar-refractivity contribution in [3.8, 4) is 5.75 Å². The fraction of sp³-hybridized carbons (Fsp3) is 0.474. The van der Waals surface area contributed by atoms with Gasteiger partial charge in [-0.25, -0.2) is 10.6 Å². The molecule has 0 bridgehead atoms. The number of hydrazine groups is 1. The molecular weight excluding hydrogens is 435 g/mol. The quantitative estimate of drug-likeness (QED) is 0.0677. The van der Waals surface area contributed by atoms with Crippen molar-refractivity contribution < 1.29 is 37.4 Å². The highest BCUT2D eigenvalue weighted by Crippen LogP contribution is 2.24. The number of guanidine groups is 1. The number of carboxylic acids is 1. The number of alkyl halides is 3. The van der Waals surface area contributed by atoms with Crippen molar-refractivity contribution in [2.24, 2.45) is 22.3 Å². The molecule has 0 heterocycles. The summed E-state index contributed by atoms with van der Waals surface area (Å²) < 4.78 is 43.1. The molecule has 0 aliphatic rings. The standard InChI is InChI=1S/C19H26F3N5O5/c1-32-12-7-6-11(9-14(16(29)30)27(25)17(31)19(20,21)22)13(10-12)15(28)5-3-2-4-8-26-18(23)24/h6-7,10,14H,2-5,8-9,25H2,1H3,(H,29,30)(H4,23,24,26)/t14-/m0/s1. The zero-order valence-corrected chi connectivity index (χ0v) is 17.4. The summed E-state index contributed by atoms with van der Waals surface area (Å²) in [5.41, 5.74) is 10.6. The Labute approximate surface area is 182 Å². The highest BCUT2D eigenvalue weighted by atomic mass is 19.4. The first-order valence-corrected chi connectivity index (χ1v) is 9.51. The van der Waals surface area contributed by atoms with Crippen LogP contribution in [0, 0.1) is 0 Å². The van der Waals surface area contributed by atoms with E-state index in [2.05, 4.69) is 4.99 Å². The molecule has 0 radical (unpaired) electrons. The van der Waals surface area contributed by atoms with Gasteiger partial charge in [0.15, 0.2) is 11.7 Å². The Morgan fingerprint density at radius 2 is 1.84 bits per heavy atom. The number of benzene rings is 1. The Hall–Kier alpha value is -3.35. The number of ketones is 1. The summed E-state index contributed by atoms with van der Waals surface area (Å²) in [5, 5.41) is 8.95. The van der Waals surface area contributed by atoms with E-state index in [1.807, 2.05) is 0 Å². The van der Waals surface area contributed by atoms with E-state index < -0.39 is 30.5 Å². The predicted octanol–water partition coefficient (Wildman–Crippen LogP) is 0.972. The van der Waals surface area contributed by atoms with Crippen LogP contribution in [-0.4, -0.2) is 59.6 Å². The van der Waals surface area contributed by atoms with E-state index in [1.165, 1.54) is 25.3 Å². The smallest absolute Gasteiger partial charge is 0.472 e. The number of halogens is 3. The Balaban J connectivity index is 3.02. The minimum absolute atomic E-state index is 0.0342. The number of nitrogens with zero attached hydrogens (tertiary/aromatic N) is 2. The van der Waals surface area contributed by atoms with Crippen LogP contribution in [0.5, 0.6) is 5.75 Å². The molecule has 0 aliphatic carbocycles. The van der Waals surface area contributed by atoms with Gasteiger partial charge in [0, 0.05) is 24.9 Å². The fourth-order valence-electron chi connectivity index (χ4n) is 2.84. The summed E-state index contributed by atoms with van der Waals surface area (Å²) in [5.74, 6) is 0.813.